The summed E-state index contributed by atoms with van der Waals surface area (Å²) in [7, 11) is 2.00. The molecule has 0 bridgehead atoms. The van der Waals surface area contributed by atoms with Crippen LogP contribution in [0.1, 0.15) is 4.88 Å². The number of halogens is 2. The van der Waals surface area contributed by atoms with Crippen molar-refractivity contribution in [3.8, 4) is 0 Å². The van der Waals surface area contributed by atoms with E-state index in [0.717, 1.165) is 15.2 Å². The monoisotopic (exact) mass is 373 g/mol. The first-order valence-electron chi connectivity index (χ1n) is 6.14. The summed E-state index contributed by atoms with van der Waals surface area (Å²) in [6, 6.07) is 11.3. The number of likely N-dealkylation sites (N-methyl/N-ethyl adjacent to an activating group) is 1. The van der Waals surface area contributed by atoms with Crippen molar-refractivity contribution >= 4 is 50.5 Å². The molecule has 20 heavy (non-hydrogen) atoms. The Labute approximate surface area is 135 Å². The molecular weight excluding hydrogens is 360 g/mol. The van der Waals surface area contributed by atoms with Gasteiger partial charge in [-0.2, -0.15) is 0 Å². The Kier molecular flexibility index (Phi) is 5.60. The third-order valence-corrected chi connectivity index (χ3v) is 4.67. The summed E-state index contributed by atoms with van der Waals surface area (Å²) in [6.45, 7) is 1.23. The zero-order chi connectivity index (χ0) is 14.5. The highest BCUT2D eigenvalue weighted by Crippen LogP contribution is 2.21. The molecule has 0 aliphatic heterocycles. The third-order valence-electron chi connectivity index (χ3n) is 2.72. The van der Waals surface area contributed by atoms with Gasteiger partial charge in [-0.05, 0) is 40.2 Å². The van der Waals surface area contributed by atoms with E-state index in [1.54, 1.807) is 23.5 Å². The van der Waals surface area contributed by atoms with Crippen LogP contribution in [0.4, 0.5) is 5.69 Å². The Hall–Kier alpha value is -0.880. The fraction of sp³-hybridized carbons (Fsp3) is 0.214. The molecule has 0 radical (unpaired) electrons. The van der Waals surface area contributed by atoms with Crippen molar-refractivity contribution in [2.45, 2.75) is 6.54 Å². The molecule has 2 rings (SSSR count). The third kappa shape index (κ3) is 4.59. The lowest BCUT2D eigenvalue weighted by Crippen LogP contribution is -3.08. The molecule has 106 valence electrons. The molecule has 0 fully saturated rings. The fourth-order valence-electron chi connectivity index (χ4n) is 1.84. The summed E-state index contributed by atoms with van der Waals surface area (Å²) in [5.41, 5.74) is 0.658. The minimum absolute atomic E-state index is 0.0359. The summed E-state index contributed by atoms with van der Waals surface area (Å²) >= 11 is 11.1. The van der Waals surface area contributed by atoms with Crippen molar-refractivity contribution in [1.82, 2.24) is 0 Å². The van der Waals surface area contributed by atoms with E-state index in [1.807, 2.05) is 25.2 Å². The van der Waals surface area contributed by atoms with Gasteiger partial charge in [0.1, 0.15) is 6.54 Å². The molecule has 2 aromatic rings. The first-order chi connectivity index (χ1) is 9.54. The first kappa shape index (κ1) is 15.5. The number of carbonyl (C=O) groups is 1. The lowest BCUT2D eigenvalue weighted by Gasteiger charge is -2.13. The highest BCUT2D eigenvalue weighted by molar-refractivity contribution is 9.11. The van der Waals surface area contributed by atoms with Gasteiger partial charge in [0.05, 0.1) is 26.4 Å². The number of carbonyl (C=O) groups excluding carboxylic acids is 1. The summed E-state index contributed by atoms with van der Waals surface area (Å²) in [5, 5.41) is 3.39. The molecule has 6 heteroatoms. The van der Waals surface area contributed by atoms with E-state index in [-0.39, 0.29) is 5.91 Å². The lowest BCUT2D eigenvalue weighted by molar-refractivity contribution is -0.884. The molecule has 1 amide bonds. The minimum Gasteiger partial charge on any atom is -0.325 e. The van der Waals surface area contributed by atoms with Crippen molar-refractivity contribution in [2.75, 3.05) is 18.9 Å². The Bertz CT molecular complexity index is 602. The Morgan fingerprint density at radius 2 is 2.10 bits per heavy atom. The molecule has 0 aliphatic carbocycles. The van der Waals surface area contributed by atoms with Gasteiger partial charge < -0.3 is 10.2 Å². The quantitative estimate of drug-likeness (QED) is 0.829. The van der Waals surface area contributed by atoms with Gasteiger partial charge >= 0.3 is 0 Å². The number of nitrogens with one attached hydrogen (secondary N) is 2. The lowest BCUT2D eigenvalue weighted by atomic mass is 10.3. The molecule has 1 atom stereocenters. The van der Waals surface area contributed by atoms with Crippen LogP contribution < -0.4 is 10.2 Å². The molecule has 0 saturated heterocycles. The van der Waals surface area contributed by atoms with Gasteiger partial charge in [0.25, 0.3) is 5.91 Å². The van der Waals surface area contributed by atoms with Crippen molar-refractivity contribution in [2.24, 2.45) is 0 Å². The number of quaternary nitrogens is 1. The fourth-order valence-corrected chi connectivity index (χ4v) is 3.62. The minimum atomic E-state index is -0.0359. The molecule has 0 spiro atoms. The summed E-state index contributed by atoms with van der Waals surface area (Å²) < 4.78 is 1.11. The van der Waals surface area contributed by atoms with E-state index in [0.29, 0.717) is 17.3 Å². The zero-order valence-electron chi connectivity index (χ0n) is 11.0. The van der Waals surface area contributed by atoms with E-state index in [4.69, 9.17) is 11.6 Å². The Morgan fingerprint density at radius 1 is 1.35 bits per heavy atom. The predicted octanol–water partition coefficient (Wildman–Crippen LogP) is 2.82. The first-order valence-corrected chi connectivity index (χ1v) is 8.13. The van der Waals surface area contributed by atoms with Crippen LogP contribution in [-0.4, -0.2) is 19.5 Å². The van der Waals surface area contributed by atoms with E-state index in [9.17, 15) is 4.79 Å². The van der Waals surface area contributed by atoms with Gasteiger partial charge in [0, 0.05) is 0 Å². The average molecular weight is 375 g/mol. The molecular formula is C14H15BrClN2OS+. The van der Waals surface area contributed by atoms with Gasteiger partial charge in [-0.25, -0.2) is 0 Å². The second-order valence-electron chi connectivity index (χ2n) is 4.54. The maximum atomic E-state index is 12.0. The highest BCUT2D eigenvalue weighted by Gasteiger charge is 2.12. The van der Waals surface area contributed by atoms with E-state index in [2.05, 4.69) is 27.3 Å². The molecule has 3 nitrogen and oxygen atoms in total. The number of para-hydroxylation sites is 1. The second-order valence-corrected chi connectivity index (χ2v) is 7.50. The van der Waals surface area contributed by atoms with Crippen LogP contribution in [0.2, 0.25) is 5.02 Å². The molecule has 0 aliphatic rings. The Morgan fingerprint density at radius 3 is 2.75 bits per heavy atom. The smallest absolute Gasteiger partial charge is 0.279 e. The van der Waals surface area contributed by atoms with Gasteiger partial charge in [0.2, 0.25) is 0 Å². The number of anilines is 1. The highest BCUT2D eigenvalue weighted by atomic mass is 79.9. The molecule has 1 heterocycles. The van der Waals surface area contributed by atoms with Gasteiger partial charge in [0.15, 0.2) is 6.54 Å². The number of rotatable bonds is 5. The number of hydrogen-bond acceptors (Lipinski definition) is 2. The maximum Gasteiger partial charge on any atom is 0.279 e. The number of thiophene rings is 1. The van der Waals surface area contributed by atoms with E-state index >= 15 is 0 Å². The Balaban J connectivity index is 1.86. The molecule has 1 aromatic carbocycles. The van der Waals surface area contributed by atoms with Crippen LogP contribution in [0.15, 0.2) is 40.2 Å². The molecule has 2 N–H and O–H groups in total. The van der Waals surface area contributed by atoms with Crippen molar-refractivity contribution in [1.29, 1.82) is 0 Å². The number of amides is 1. The van der Waals surface area contributed by atoms with Gasteiger partial charge in [-0.3, -0.25) is 4.79 Å². The standard InChI is InChI=1S/C14H14BrClN2OS/c1-18(8-10-6-7-13(15)20-10)9-14(19)17-12-5-3-2-4-11(12)16/h2-7H,8-9H2,1H3,(H,17,19)/p+1. The van der Waals surface area contributed by atoms with Gasteiger partial charge in [-0.15, -0.1) is 11.3 Å². The summed E-state index contributed by atoms with van der Waals surface area (Å²) in [6.07, 6.45) is 0. The SMILES string of the molecule is C[NH+](CC(=O)Nc1ccccc1Cl)Cc1ccc(Br)s1. The van der Waals surface area contributed by atoms with Crippen LogP contribution in [0.25, 0.3) is 0 Å². The van der Waals surface area contributed by atoms with Crippen LogP contribution in [0.5, 0.6) is 0 Å². The number of benzene rings is 1. The van der Waals surface area contributed by atoms with Crippen LogP contribution in [-0.2, 0) is 11.3 Å². The van der Waals surface area contributed by atoms with Crippen molar-refractivity contribution < 1.29 is 9.69 Å². The second kappa shape index (κ2) is 7.22. The number of hydrogen-bond donors (Lipinski definition) is 2. The molecule has 1 unspecified atom stereocenters. The maximum absolute atomic E-state index is 12.0. The normalized spacial score (nSPS) is 12.2. The van der Waals surface area contributed by atoms with Gasteiger partial charge in [-0.1, -0.05) is 23.7 Å². The summed E-state index contributed by atoms with van der Waals surface area (Å²) in [4.78, 5) is 14.4. The van der Waals surface area contributed by atoms with E-state index < -0.39 is 0 Å². The molecule has 1 aromatic heterocycles. The van der Waals surface area contributed by atoms with Crippen molar-refractivity contribution in [3.63, 3.8) is 0 Å². The predicted molar refractivity (Wildman–Crippen MR) is 87.6 cm³/mol. The van der Waals surface area contributed by atoms with Crippen LogP contribution >= 0.6 is 38.9 Å². The topological polar surface area (TPSA) is 33.5 Å². The van der Waals surface area contributed by atoms with E-state index in [1.165, 1.54) is 4.88 Å². The largest absolute Gasteiger partial charge is 0.325 e. The summed E-state index contributed by atoms with van der Waals surface area (Å²) in [5.74, 6) is -0.0359. The van der Waals surface area contributed by atoms with Crippen LogP contribution in [0.3, 0.4) is 0 Å². The molecule has 0 saturated carbocycles. The average Bonchev–Trinajstić information content (AvgIpc) is 2.77. The zero-order valence-corrected chi connectivity index (χ0v) is 14.1. The van der Waals surface area contributed by atoms with Crippen LogP contribution in [0, 0.1) is 0 Å². The van der Waals surface area contributed by atoms with Crippen molar-refractivity contribution in [3.05, 3.63) is 50.1 Å².